The van der Waals surface area contributed by atoms with Crippen LogP contribution < -0.4 is 4.57 Å². The standard InChI is InChI=1S/C23H17N2/c1-2-4-22-19(3-1)15-20-16-21(5-6-23(20)22)25-13-9-18(10-14-25)17-7-11-24-12-8-17/h1-14,16H,15H2/q+1. The van der Waals surface area contributed by atoms with Crippen molar-refractivity contribution >= 4 is 0 Å². The van der Waals surface area contributed by atoms with Gasteiger partial charge in [-0.15, -0.1) is 0 Å². The van der Waals surface area contributed by atoms with Crippen molar-refractivity contribution in [1.29, 1.82) is 0 Å². The highest BCUT2D eigenvalue weighted by Crippen LogP contribution is 2.36. The lowest BCUT2D eigenvalue weighted by atomic mass is 10.1. The molecule has 0 saturated heterocycles. The molecule has 0 N–H and O–H groups in total. The van der Waals surface area contributed by atoms with E-state index >= 15 is 0 Å². The molecule has 2 aromatic carbocycles. The van der Waals surface area contributed by atoms with Gasteiger partial charge in [0.1, 0.15) is 0 Å². The molecule has 1 aliphatic carbocycles. The van der Waals surface area contributed by atoms with Crippen LogP contribution >= 0.6 is 0 Å². The van der Waals surface area contributed by atoms with Gasteiger partial charge in [-0.3, -0.25) is 4.98 Å². The lowest BCUT2D eigenvalue weighted by Gasteiger charge is -2.03. The number of fused-ring (bicyclic) bond motifs is 3. The van der Waals surface area contributed by atoms with Crippen LogP contribution in [-0.2, 0) is 6.42 Å². The summed E-state index contributed by atoms with van der Waals surface area (Å²) in [6, 6.07) is 23.8. The SMILES string of the molecule is c1ccc2c(c1)Cc1cc(-[n+]3ccc(-c4ccncc4)cc3)ccc1-2. The lowest BCUT2D eigenvalue weighted by Crippen LogP contribution is -2.29. The van der Waals surface area contributed by atoms with Crippen molar-refractivity contribution in [3.05, 3.63) is 103 Å². The van der Waals surface area contributed by atoms with Crippen molar-refractivity contribution in [2.45, 2.75) is 6.42 Å². The first-order valence-corrected chi connectivity index (χ1v) is 8.52. The van der Waals surface area contributed by atoms with Crippen molar-refractivity contribution < 1.29 is 4.57 Å². The zero-order valence-electron chi connectivity index (χ0n) is 13.8. The van der Waals surface area contributed by atoms with Crippen molar-refractivity contribution in [3.8, 4) is 27.9 Å². The van der Waals surface area contributed by atoms with E-state index in [1.165, 1.54) is 39.1 Å². The van der Waals surface area contributed by atoms with Gasteiger partial charge in [0.05, 0.1) is 0 Å². The van der Waals surface area contributed by atoms with Crippen LogP contribution in [0.2, 0.25) is 0 Å². The molecule has 2 heterocycles. The number of nitrogens with zero attached hydrogens (tertiary/aromatic N) is 2. The van der Waals surface area contributed by atoms with E-state index in [9.17, 15) is 0 Å². The van der Waals surface area contributed by atoms with Gasteiger partial charge >= 0.3 is 0 Å². The van der Waals surface area contributed by atoms with Gasteiger partial charge < -0.3 is 0 Å². The Kier molecular flexibility index (Phi) is 3.20. The number of hydrogen-bond donors (Lipinski definition) is 0. The summed E-state index contributed by atoms with van der Waals surface area (Å²) in [6.07, 6.45) is 8.93. The highest BCUT2D eigenvalue weighted by molar-refractivity contribution is 5.77. The molecule has 0 radical (unpaired) electrons. The molecular formula is C23H17N2+. The van der Waals surface area contributed by atoms with Crippen LogP contribution in [0.25, 0.3) is 27.9 Å². The van der Waals surface area contributed by atoms with E-state index in [0.29, 0.717) is 0 Å². The second-order valence-corrected chi connectivity index (χ2v) is 6.41. The van der Waals surface area contributed by atoms with Gasteiger partial charge in [0.25, 0.3) is 0 Å². The minimum Gasteiger partial charge on any atom is -0.265 e. The van der Waals surface area contributed by atoms with Crippen LogP contribution in [0.15, 0.2) is 91.5 Å². The third-order valence-corrected chi connectivity index (χ3v) is 4.92. The molecule has 0 bridgehead atoms. The molecule has 0 atom stereocenters. The third kappa shape index (κ3) is 2.43. The smallest absolute Gasteiger partial charge is 0.210 e. The molecular weight excluding hydrogens is 304 g/mol. The van der Waals surface area contributed by atoms with E-state index in [1.54, 1.807) is 0 Å². The molecule has 118 valence electrons. The number of rotatable bonds is 2. The number of benzene rings is 2. The second kappa shape index (κ2) is 5.67. The van der Waals surface area contributed by atoms with Crippen molar-refractivity contribution in [2.75, 3.05) is 0 Å². The summed E-state index contributed by atoms with van der Waals surface area (Å²) in [5, 5.41) is 0. The predicted molar refractivity (Wildman–Crippen MR) is 99.4 cm³/mol. The van der Waals surface area contributed by atoms with Gasteiger partial charge in [-0.2, -0.15) is 4.57 Å². The highest BCUT2D eigenvalue weighted by Gasteiger charge is 2.20. The summed E-state index contributed by atoms with van der Waals surface area (Å²) < 4.78 is 2.17. The van der Waals surface area contributed by atoms with E-state index in [2.05, 4.69) is 76.5 Å². The fourth-order valence-corrected chi connectivity index (χ4v) is 3.63. The first-order chi connectivity index (χ1) is 12.4. The maximum atomic E-state index is 4.08. The Bertz CT molecular complexity index is 1050. The Morgan fingerprint density at radius 3 is 2.24 bits per heavy atom. The van der Waals surface area contributed by atoms with Gasteiger partial charge in [0.2, 0.25) is 5.69 Å². The zero-order chi connectivity index (χ0) is 16.6. The molecule has 0 saturated carbocycles. The molecule has 0 spiro atoms. The van der Waals surface area contributed by atoms with Crippen LogP contribution in [-0.4, -0.2) is 4.98 Å². The fraction of sp³-hybridized carbons (Fsp3) is 0.0435. The minimum atomic E-state index is 1.02. The van der Waals surface area contributed by atoms with Gasteiger partial charge in [0.15, 0.2) is 12.4 Å². The maximum absolute atomic E-state index is 4.08. The van der Waals surface area contributed by atoms with E-state index in [0.717, 1.165) is 6.42 Å². The molecule has 0 amide bonds. The summed E-state index contributed by atoms with van der Waals surface area (Å²) in [4.78, 5) is 4.08. The molecule has 5 rings (SSSR count). The van der Waals surface area contributed by atoms with E-state index < -0.39 is 0 Å². The minimum absolute atomic E-state index is 1.02. The topological polar surface area (TPSA) is 16.8 Å². The van der Waals surface area contributed by atoms with Crippen molar-refractivity contribution in [1.82, 2.24) is 4.98 Å². The molecule has 4 aromatic rings. The van der Waals surface area contributed by atoms with Crippen LogP contribution in [0.5, 0.6) is 0 Å². The molecule has 0 aliphatic heterocycles. The average Bonchev–Trinajstić information content (AvgIpc) is 3.06. The Morgan fingerprint density at radius 1 is 0.680 bits per heavy atom. The summed E-state index contributed by atoms with van der Waals surface area (Å²) in [5.41, 5.74) is 9.17. The first kappa shape index (κ1) is 14.1. The van der Waals surface area contributed by atoms with Crippen LogP contribution in [0, 0.1) is 0 Å². The summed E-state index contributed by atoms with van der Waals surface area (Å²) in [6.45, 7) is 0. The molecule has 1 aliphatic rings. The predicted octanol–water partition coefficient (Wildman–Crippen LogP) is 4.60. The van der Waals surface area contributed by atoms with Crippen LogP contribution in [0.1, 0.15) is 11.1 Å². The fourth-order valence-electron chi connectivity index (χ4n) is 3.63. The van der Waals surface area contributed by atoms with E-state index in [1.807, 2.05) is 24.5 Å². The highest BCUT2D eigenvalue weighted by atomic mass is 14.9. The largest absolute Gasteiger partial charge is 0.265 e. The van der Waals surface area contributed by atoms with Gasteiger partial charge in [-0.25, -0.2) is 0 Å². The quantitative estimate of drug-likeness (QED) is 0.434. The molecule has 25 heavy (non-hydrogen) atoms. The van der Waals surface area contributed by atoms with Gasteiger partial charge in [-0.1, -0.05) is 24.3 Å². The molecule has 2 nitrogen and oxygen atoms in total. The third-order valence-electron chi connectivity index (χ3n) is 4.92. The van der Waals surface area contributed by atoms with E-state index in [4.69, 9.17) is 0 Å². The first-order valence-electron chi connectivity index (χ1n) is 8.52. The Balaban J connectivity index is 1.50. The molecule has 0 fully saturated rings. The van der Waals surface area contributed by atoms with Gasteiger partial charge in [-0.05, 0) is 58.0 Å². The lowest BCUT2D eigenvalue weighted by molar-refractivity contribution is -0.595. The Labute approximate surface area is 147 Å². The molecule has 2 aromatic heterocycles. The Hall–Kier alpha value is -3.26. The second-order valence-electron chi connectivity index (χ2n) is 6.41. The number of aromatic nitrogens is 2. The normalized spacial score (nSPS) is 11.8. The van der Waals surface area contributed by atoms with Crippen LogP contribution in [0.3, 0.4) is 0 Å². The van der Waals surface area contributed by atoms with Crippen molar-refractivity contribution in [2.24, 2.45) is 0 Å². The monoisotopic (exact) mass is 321 g/mol. The van der Waals surface area contributed by atoms with Crippen LogP contribution in [0.4, 0.5) is 0 Å². The van der Waals surface area contributed by atoms with Gasteiger partial charge in [0, 0.05) is 36.7 Å². The maximum Gasteiger partial charge on any atom is 0.210 e. The summed E-state index contributed by atoms with van der Waals surface area (Å²) in [7, 11) is 0. The number of pyridine rings is 2. The summed E-state index contributed by atoms with van der Waals surface area (Å²) >= 11 is 0. The Morgan fingerprint density at radius 2 is 1.40 bits per heavy atom. The zero-order valence-corrected chi connectivity index (χ0v) is 13.8. The van der Waals surface area contributed by atoms with E-state index in [-0.39, 0.29) is 0 Å². The molecule has 2 heteroatoms. The molecule has 0 unspecified atom stereocenters. The van der Waals surface area contributed by atoms with Crippen molar-refractivity contribution in [3.63, 3.8) is 0 Å². The average molecular weight is 321 g/mol. The summed E-state index contributed by atoms with van der Waals surface area (Å²) in [5.74, 6) is 0. The number of hydrogen-bond acceptors (Lipinski definition) is 1.